The van der Waals surface area contributed by atoms with Crippen molar-refractivity contribution in [2.45, 2.75) is 31.9 Å². The van der Waals surface area contributed by atoms with Gasteiger partial charge in [0.15, 0.2) is 0 Å². The van der Waals surface area contributed by atoms with Gasteiger partial charge in [-0.25, -0.2) is 0 Å². The largest absolute Gasteiger partial charge is 0.467 e. The summed E-state index contributed by atoms with van der Waals surface area (Å²) in [6, 6.07) is 5.66. The molecule has 1 fully saturated rings. The van der Waals surface area contributed by atoms with Crippen LogP contribution in [0.3, 0.4) is 0 Å². The first-order chi connectivity index (χ1) is 10.2. The highest BCUT2D eigenvalue weighted by atomic mass is 16.3. The lowest BCUT2D eigenvalue weighted by atomic mass is 10.1. The Labute approximate surface area is 124 Å². The molecule has 0 radical (unpaired) electrons. The molecule has 114 valence electrons. The van der Waals surface area contributed by atoms with E-state index in [9.17, 15) is 9.90 Å². The Morgan fingerprint density at radius 1 is 1.62 bits per heavy atom. The average Bonchev–Trinajstić information content (AvgIpc) is 2.96. The van der Waals surface area contributed by atoms with E-state index in [4.69, 9.17) is 9.68 Å². The van der Waals surface area contributed by atoms with Crippen molar-refractivity contribution >= 4 is 5.91 Å². The zero-order chi connectivity index (χ0) is 15.1. The number of aliphatic hydroxyl groups is 1. The predicted molar refractivity (Wildman–Crippen MR) is 76.0 cm³/mol. The van der Waals surface area contributed by atoms with Gasteiger partial charge in [0, 0.05) is 13.1 Å². The van der Waals surface area contributed by atoms with Crippen LogP contribution in [0.5, 0.6) is 0 Å². The number of nitriles is 1. The molecule has 0 aromatic carbocycles. The standard InChI is InChI=1S/C15H21N3O3/c16-6-3-8-18(11-14-5-2-9-21-14)15(20)12-17-7-1-4-13(19)10-17/h2,5,9,13,19H,1,3-4,7-8,10-12H2. The number of piperidine rings is 1. The van der Waals surface area contributed by atoms with E-state index >= 15 is 0 Å². The summed E-state index contributed by atoms with van der Waals surface area (Å²) >= 11 is 0. The van der Waals surface area contributed by atoms with E-state index in [0.29, 0.717) is 31.8 Å². The van der Waals surface area contributed by atoms with Crippen LogP contribution in [0.4, 0.5) is 0 Å². The van der Waals surface area contributed by atoms with Crippen LogP contribution in [0, 0.1) is 11.3 Å². The predicted octanol–water partition coefficient (Wildman–Crippen LogP) is 0.979. The zero-order valence-electron chi connectivity index (χ0n) is 12.1. The van der Waals surface area contributed by atoms with Gasteiger partial charge in [0.1, 0.15) is 5.76 Å². The van der Waals surface area contributed by atoms with Crippen molar-refractivity contribution in [3.63, 3.8) is 0 Å². The minimum absolute atomic E-state index is 0.0317. The quantitative estimate of drug-likeness (QED) is 0.845. The molecule has 1 aromatic rings. The topological polar surface area (TPSA) is 80.7 Å². The fourth-order valence-corrected chi connectivity index (χ4v) is 2.53. The minimum atomic E-state index is -0.343. The van der Waals surface area contributed by atoms with Gasteiger partial charge in [0.05, 0.1) is 37.9 Å². The normalized spacial score (nSPS) is 19.1. The van der Waals surface area contributed by atoms with Gasteiger partial charge in [-0.2, -0.15) is 5.26 Å². The third-order valence-electron chi connectivity index (χ3n) is 3.61. The van der Waals surface area contributed by atoms with E-state index in [2.05, 4.69) is 6.07 Å². The van der Waals surface area contributed by atoms with Crippen LogP contribution in [0.25, 0.3) is 0 Å². The third-order valence-corrected chi connectivity index (χ3v) is 3.61. The van der Waals surface area contributed by atoms with Crippen LogP contribution in [0.1, 0.15) is 25.0 Å². The fraction of sp³-hybridized carbons (Fsp3) is 0.600. The van der Waals surface area contributed by atoms with E-state index in [1.54, 1.807) is 17.2 Å². The van der Waals surface area contributed by atoms with Crippen LogP contribution in [0.2, 0.25) is 0 Å². The molecule has 0 bridgehead atoms. The number of likely N-dealkylation sites (tertiary alicyclic amines) is 1. The third kappa shape index (κ3) is 4.88. The van der Waals surface area contributed by atoms with Gasteiger partial charge in [0.25, 0.3) is 0 Å². The van der Waals surface area contributed by atoms with Crippen molar-refractivity contribution in [2.24, 2.45) is 0 Å². The molecule has 2 rings (SSSR count). The van der Waals surface area contributed by atoms with Gasteiger partial charge < -0.3 is 14.4 Å². The van der Waals surface area contributed by atoms with E-state index in [1.165, 1.54) is 0 Å². The molecule has 6 nitrogen and oxygen atoms in total. The van der Waals surface area contributed by atoms with E-state index in [1.807, 2.05) is 11.0 Å². The number of hydrogen-bond acceptors (Lipinski definition) is 5. The van der Waals surface area contributed by atoms with E-state index in [-0.39, 0.29) is 18.6 Å². The molecule has 1 aliphatic rings. The fourth-order valence-electron chi connectivity index (χ4n) is 2.53. The number of nitrogens with zero attached hydrogens (tertiary/aromatic N) is 3. The Balaban J connectivity index is 1.91. The van der Waals surface area contributed by atoms with Gasteiger partial charge in [-0.3, -0.25) is 9.69 Å². The first kappa shape index (κ1) is 15.5. The zero-order valence-corrected chi connectivity index (χ0v) is 12.1. The second-order valence-electron chi connectivity index (χ2n) is 5.33. The summed E-state index contributed by atoms with van der Waals surface area (Å²) in [7, 11) is 0. The number of carbonyl (C=O) groups excluding carboxylic acids is 1. The highest BCUT2D eigenvalue weighted by molar-refractivity contribution is 5.78. The van der Waals surface area contributed by atoms with Crippen molar-refractivity contribution < 1.29 is 14.3 Å². The lowest BCUT2D eigenvalue weighted by Gasteiger charge is -2.31. The molecule has 2 heterocycles. The maximum Gasteiger partial charge on any atom is 0.237 e. The summed E-state index contributed by atoms with van der Waals surface area (Å²) < 4.78 is 5.27. The monoisotopic (exact) mass is 291 g/mol. The molecule has 1 amide bonds. The number of amides is 1. The molecule has 0 aliphatic carbocycles. The molecule has 0 saturated carbocycles. The summed E-state index contributed by atoms with van der Waals surface area (Å²) in [5.74, 6) is 0.677. The van der Waals surface area contributed by atoms with Gasteiger partial charge in [-0.05, 0) is 31.5 Å². The average molecular weight is 291 g/mol. The SMILES string of the molecule is N#CCCN(Cc1ccco1)C(=O)CN1CCCC(O)C1. The van der Waals surface area contributed by atoms with Crippen molar-refractivity contribution in [2.75, 3.05) is 26.2 Å². The molecular formula is C15H21N3O3. The maximum atomic E-state index is 12.4. The molecule has 21 heavy (non-hydrogen) atoms. The summed E-state index contributed by atoms with van der Waals surface area (Å²) in [5.41, 5.74) is 0. The first-order valence-electron chi connectivity index (χ1n) is 7.26. The van der Waals surface area contributed by atoms with E-state index < -0.39 is 0 Å². The number of hydrogen-bond donors (Lipinski definition) is 1. The molecule has 1 aromatic heterocycles. The maximum absolute atomic E-state index is 12.4. The second-order valence-corrected chi connectivity index (χ2v) is 5.33. The molecule has 1 saturated heterocycles. The summed E-state index contributed by atoms with van der Waals surface area (Å²) in [5, 5.41) is 18.4. The van der Waals surface area contributed by atoms with Crippen LogP contribution in [0.15, 0.2) is 22.8 Å². The lowest BCUT2D eigenvalue weighted by molar-refractivity contribution is -0.134. The van der Waals surface area contributed by atoms with Crippen molar-refractivity contribution in [1.82, 2.24) is 9.80 Å². The molecule has 1 N–H and O–H groups in total. The number of β-amino-alcohol motifs (C(OH)–C–C–N with tert-alkyl or cyclic N) is 1. The summed E-state index contributed by atoms with van der Waals surface area (Å²) in [4.78, 5) is 16.0. The highest BCUT2D eigenvalue weighted by Gasteiger charge is 2.22. The van der Waals surface area contributed by atoms with Gasteiger partial charge in [0.2, 0.25) is 5.91 Å². The van der Waals surface area contributed by atoms with Gasteiger partial charge in [-0.15, -0.1) is 0 Å². The molecule has 1 unspecified atom stereocenters. The Hall–Kier alpha value is -1.84. The summed E-state index contributed by atoms with van der Waals surface area (Å²) in [6.07, 6.45) is 3.24. The number of aliphatic hydroxyl groups excluding tert-OH is 1. The van der Waals surface area contributed by atoms with Crippen LogP contribution >= 0.6 is 0 Å². The Kier molecular flexibility index (Phi) is 5.78. The molecular weight excluding hydrogens is 270 g/mol. The Morgan fingerprint density at radius 3 is 3.14 bits per heavy atom. The Morgan fingerprint density at radius 2 is 2.48 bits per heavy atom. The molecule has 6 heteroatoms. The van der Waals surface area contributed by atoms with Gasteiger partial charge >= 0.3 is 0 Å². The van der Waals surface area contributed by atoms with Crippen LogP contribution < -0.4 is 0 Å². The van der Waals surface area contributed by atoms with Crippen molar-refractivity contribution in [1.29, 1.82) is 5.26 Å². The Bertz CT molecular complexity index is 481. The first-order valence-corrected chi connectivity index (χ1v) is 7.26. The minimum Gasteiger partial charge on any atom is -0.467 e. The smallest absolute Gasteiger partial charge is 0.237 e. The van der Waals surface area contributed by atoms with Crippen molar-refractivity contribution in [3.8, 4) is 6.07 Å². The molecule has 1 atom stereocenters. The number of furan rings is 1. The molecule has 0 spiro atoms. The van der Waals surface area contributed by atoms with Crippen molar-refractivity contribution in [3.05, 3.63) is 24.2 Å². The van der Waals surface area contributed by atoms with Crippen LogP contribution in [-0.4, -0.2) is 53.1 Å². The molecule has 1 aliphatic heterocycles. The van der Waals surface area contributed by atoms with E-state index in [0.717, 1.165) is 19.4 Å². The highest BCUT2D eigenvalue weighted by Crippen LogP contribution is 2.11. The lowest BCUT2D eigenvalue weighted by Crippen LogP contribution is -2.45. The van der Waals surface area contributed by atoms with Gasteiger partial charge in [-0.1, -0.05) is 0 Å². The number of carbonyl (C=O) groups is 1. The number of rotatable bonds is 6. The van der Waals surface area contributed by atoms with Crippen LogP contribution in [-0.2, 0) is 11.3 Å². The summed E-state index contributed by atoms with van der Waals surface area (Å²) in [6.45, 7) is 2.42. The second kappa shape index (κ2) is 7.81.